The minimum atomic E-state index is -1.20. The van der Waals surface area contributed by atoms with Gasteiger partial charge in [0.1, 0.15) is 5.82 Å². The molecule has 1 aliphatic heterocycles. The minimum Gasteiger partial charge on any atom is -0.383 e. The van der Waals surface area contributed by atoms with Crippen molar-refractivity contribution >= 4 is 16.6 Å². The largest absolute Gasteiger partial charge is 0.383 e. The van der Waals surface area contributed by atoms with Crippen LogP contribution in [0.2, 0.25) is 0 Å². The van der Waals surface area contributed by atoms with E-state index in [-0.39, 0.29) is 0 Å². The van der Waals surface area contributed by atoms with Gasteiger partial charge >= 0.3 is 0 Å². The summed E-state index contributed by atoms with van der Waals surface area (Å²) in [6.45, 7) is 2.80. The maximum atomic E-state index is 10.9. The maximum absolute atomic E-state index is 10.9. The van der Waals surface area contributed by atoms with Crippen LogP contribution in [0.1, 0.15) is 23.4 Å². The number of hydrogen-bond acceptors (Lipinski definition) is 4. The van der Waals surface area contributed by atoms with Crippen molar-refractivity contribution in [2.75, 3.05) is 5.73 Å². The zero-order valence-electron chi connectivity index (χ0n) is 16.1. The van der Waals surface area contributed by atoms with Crippen LogP contribution in [0.25, 0.3) is 21.9 Å². The molecule has 0 fully saturated rings. The molecule has 0 amide bonds. The molecule has 0 radical (unpaired) electrons. The quantitative estimate of drug-likeness (QED) is 0.495. The molecule has 1 unspecified atom stereocenters. The molecule has 2 aromatic carbocycles. The summed E-state index contributed by atoms with van der Waals surface area (Å²) < 4.78 is 1.95. The molecule has 0 spiro atoms. The standard InChI is InChI=1S/C24H20N4O/c1-16-2-3-17(6-8-24(29)9-12-28-13-11-27-23(24)28)14-20(16)19-5-4-18-7-10-26-22(25)21(18)15-19/h2-5,7,10-11,13-15,29H,9,12H2,1H3,(H2,25,26). The second-order valence-corrected chi connectivity index (χ2v) is 7.47. The van der Waals surface area contributed by atoms with Crippen LogP contribution in [0.5, 0.6) is 0 Å². The van der Waals surface area contributed by atoms with Crippen molar-refractivity contribution in [1.82, 2.24) is 14.5 Å². The summed E-state index contributed by atoms with van der Waals surface area (Å²) in [6, 6.07) is 14.3. The lowest BCUT2D eigenvalue weighted by Gasteiger charge is -2.12. The molecule has 0 bridgehead atoms. The van der Waals surface area contributed by atoms with Gasteiger partial charge in [-0.05, 0) is 53.3 Å². The number of benzene rings is 2. The van der Waals surface area contributed by atoms with Gasteiger partial charge in [0.2, 0.25) is 0 Å². The molecule has 3 N–H and O–H groups in total. The van der Waals surface area contributed by atoms with Gasteiger partial charge in [-0.15, -0.1) is 0 Å². The summed E-state index contributed by atoms with van der Waals surface area (Å²) in [5.74, 6) is 7.34. The third kappa shape index (κ3) is 2.95. The Morgan fingerprint density at radius 3 is 2.90 bits per heavy atom. The Hall–Kier alpha value is -3.62. The van der Waals surface area contributed by atoms with Crippen LogP contribution in [-0.4, -0.2) is 19.6 Å². The SMILES string of the molecule is Cc1ccc(C#CC2(O)CCn3ccnc32)cc1-c1ccc2ccnc(N)c2c1. The fourth-order valence-corrected chi connectivity index (χ4v) is 3.91. The molecule has 3 heterocycles. The van der Waals surface area contributed by atoms with Crippen molar-refractivity contribution in [2.24, 2.45) is 0 Å². The van der Waals surface area contributed by atoms with Crippen LogP contribution < -0.4 is 5.73 Å². The number of nitrogen functional groups attached to an aromatic ring is 1. The Labute approximate surface area is 168 Å². The first-order chi connectivity index (χ1) is 14.0. The lowest BCUT2D eigenvalue weighted by Crippen LogP contribution is -2.20. The van der Waals surface area contributed by atoms with E-state index in [0.717, 1.165) is 39.6 Å². The van der Waals surface area contributed by atoms with Crippen LogP contribution in [0.15, 0.2) is 61.1 Å². The van der Waals surface area contributed by atoms with E-state index < -0.39 is 5.60 Å². The van der Waals surface area contributed by atoms with E-state index in [1.807, 2.05) is 22.9 Å². The van der Waals surface area contributed by atoms with Crippen LogP contribution >= 0.6 is 0 Å². The molecule has 5 nitrogen and oxygen atoms in total. The smallest absolute Gasteiger partial charge is 0.185 e. The van der Waals surface area contributed by atoms with Gasteiger partial charge in [-0.3, -0.25) is 0 Å². The zero-order chi connectivity index (χ0) is 20.0. The summed E-state index contributed by atoms with van der Waals surface area (Å²) in [7, 11) is 0. The Kier molecular flexibility index (Phi) is 3.90. The van der Waals surface area contributed by atoms with E-state index in [4.69, 9.17) is 5.73 Å². The van der Waals surface area contributed by atoms with Crippen molar-refractivity contribution in [3.05, 3.63) is 78.0 Å². The number of fused-ring (bicyclic) bond motifs is 2. The molecule has 0 saturated carbocycles. The number of aromatic nitrogens is 3. The molecule has 29 heavy (non-hydrogen) atoms. The first-order valence-corrected chi connectivity index (χ1v) is 9.56. The van der Waals surface area contributed by atoms with E-state index in [9.17, 15) is 5.11 Å². The van der Waals surface area contributed by atoms with E-state index in [1.54, 1.807) is 12.4 Å². The Morgan fingerprint density at radius 1 is 1.10 bits per heavy atom. The Bertz CT molecular complexity index is 1310. The van der Waals surface area contributed by atoms with Crippen molar-refractivity contribution in [1.29, 1.82) is 0 Å². The molecule has 5 heteroatoms. The average Bonchev–Trinajstić information content (AvgIpc) is 3.32. The minimum absolute atomic E-state index is 0.525. The molecular formula is C24H20N4O. The Morgan fingerprint density at radius 2 is 2.00 bits per heavy atom. The number of aliphatic hydroxyl groups is 1. The van der Waals surface area contributed by atoms with Crippen LogP contribution in [-0.2, 0) is 12.1 Å². The van der Waals surface area contributed by atoms with E-state index in [0.29, 0.717) is 18.1 Å². The average molecular weight is 380 g/mol. The maximum Gasteiger partial charge on any atom is 0.185 e. The molecule has 0 aliphatic carbocycles. The van der Waals surface area contributed by atoms with E-state index >= 15 is 0 Å². The van der Waals surface area contributed by atoms with Crippen LogP contribution in [0, 0.1) is 18.8 Å². The third-order valence-electron chi connectivity index (χ3n) is 5.56. The van der Waals surface area contributed by atoms with Gasteiger partial charge in [-0.25, -0.2) is 9.97 Å². The highest BCUT2D eigenvalue weighted by molar-refractivity contribution is 5.94. The van der Waals surface area contributed by atoms with Gasteiger partial charge in [0, 0.05) is 42.5 Å². The molecule has 5 rings (SSSR count). The molecule has 1 atom stereocenters. The monoisotopic (exact) mass is 380 g/mol. The van der Waals surface area contributed by atoms with E-state index in [2.05, 4.69) is 59.1 Å². The van der Waals surface area contributed by atoms with Gasteiger partial charge in [0.15, 0.2) is 11.4 Å². The zero-order valence-corrected chi connectivity index (χ0v) is 16.1. The number of nitrogens with two attached hydrogens (primary N) is 1. The van der Waals surface area contributed by atoms with Gasteiger partial charge < -0.3 is 15.4 Å². The summed E-state index contributed by atoms with van der Waals surface area (Å²) in [5.41, 5.74) is 9.01. The summed E-state index contributed by atoms with van der Waals surface area (Å²) in [5, 5.41) is 12.9. The van der Waals surface area contributed by atoms with Crippen molar-refractivity contribution < 1.29 is 5.11 Å². The van der Waals surface area contributed by atoms with Gasteiger partial charge in [0.25, 0.3) is 0 Å². The second-order valence-electron chi connectivity index (χ2n) is 7.47. The number of rotatable bonds is 1. The summed E-state index contributed by atoms with van der Waals surface area (Å²) in [4.78, 5) is 8.47. The third-order valence-corrected chi connectivity index (χ3v) is 5.56. The second kappa shape index (κ2) is 6.47. The van der Waals surface area contributed by atoms with Gasteiger partial charge in [0.05, 0.1) is 0 Å². The fraction of sp³-hybridized carbons (Fsp3) is 0.167. The number of anilines is 1. The number of aryl methyl sites for hydroxylation is 2. The van der Waals surface area contributed by atoms with Gasteiger partial charge in [-0.1, -0.05) is 30.0 Å². The highest BCUT2D eigenvalue weighted by Gasteiger charge is 2.36. The van der Waals surface area contributed by atoms with Gasteiger partial charge in [-0.2, -0.15) is 0 Å². The number of nitrogens with zero attached hydrogens (tertiary/aromatic N) is 3. The summed E-state index contributed by atoms with van der Waals surface area (Å²) >= 11 is 0. The normalized spacial score (nSPS) is 17.7. The fourth-order valence-electron chi connectivity index (χ4n) is 3.91. The topological polar surface area (TPSA) is 77.0 Å². The molecule has 0 saturated heterocycles. The molecule has 4 aromatic rings. The predicted molar refractivity (Wildman–Crippen MR) is 114 cm³/mol. The highest BCUT2D eigenvalue weighted by atomic mass is 16.3. The van der Waals surface area contributed by atoms with E-state index in [1.165, 1.54) is 0 Å². The highest BCUT2D eigenvalue weighted by Crippen LogP contribution is 2.31. The van der Waals surface area contributed by atoms with Crippen molar-refractivity contribution in [3.63, 3.8) is 0 Å². The molecule has 1 aliphatic rings. The first kappa shape index (κ1) is 17.5. The summed E-state index contributed by atoms with van der Waals surface area (Å²) in [6.07, 6.45) is 5.85. The van der Waals surface area contributed by atoms with Crippen molar-refractivity contribution in [3.8, 4) is 23.0 Å². The van der Waals surface area contributed by atoms with Crippen LogP contribution in [0.3, 0.4) is 0 Å². The number of imidazole rings is 1. The predicted octanol–water partition coefficient (Wildman–Crippen LogP) is 3.63. The lowest BCUT2D eigenvalue weighted by molar-refractivity contribution is 0.0980. The molecular weight excluding hydrogens is 360 g/mol. The lowest BCUT2D eigenvalue weighted by atomic mass is 9.95. The molecule has 2 aromatic heterocycles. The number of pyridine rings is 1. The van der Waals surface area contributed by atoms with Crippen molar-refractivity contribution in [2.45, 2.75) is 25.5 Å². The van der Waals surface area contributed by atoms with Crippen LogP contribution in [0.4, 0.5) is 5.82 Å². The first-order valence-electron chi connectivity index (χ1n) is 9.56. The molecule has 142 valence electrons. The number of hydrogen-bond donors (Lipinski definition) is 2. The Balaban J connectivity index is 1.55.